The Hall–Kier alpha value is -2.10. The number of rotatable bonds is 5. The lowest BCUT2D eigenvalue weighted by Crippen LogP contribution is -1.96. The van der Waals surface area contributed by atoms with Crippen LogP contribution in [0.4, 0.5) is 0 Å². The molecule has 0 aliphatic heterocycles. The highest BCUT2D eigenvalue weighted by molar-refractivity contribution is 5.90. The number of hydrogen-bond donors (Lipinski definition) is 3. The highest BCUT2D eigenvalue weighted by atomic mass is 16.4. The molecule has 0 fully saturated rings. The van der Waals surface area contributed by atoms with E-state index >= 15 is 0 Å². The van der Waals surface area contributed by atoms with E-state index in [1.807, 2.05) is 0 Å². The van der Waals surface area contributed by atoms with Crippen LogP contribution in [0.2, 0.25) is 0 Å². The first-order valence-corrected chi connectivity index (χ1v) is 3.88. The summed E-state index contributed by atoms with van der Waals surface area (Å²) >= 11 is 0. The van der Waals surface area contributed by atoms with Crippen molar-refractivity contribution in [2.24, 2.45) is 5.73 Å². The van der Waals surface area contributed by atoms with E-state index in [0.717, 1.165) is 6.21 Å². The third-order valence-electron chi connectivity index (χ3n) is 1.23. The number of aliphatic carboxylic acids is 1. The number of carbonyl (C=O) groups is 1. The van der Waals surface area contributed by atoms with E-state index in [0.29, 0.717) is 0 Å². The first kappa shape index (κ1) is 11.9. The second-order valence-electron chi connectivity index (χ2n) is 2.22. The van der Waals surface area contributed by atoms with Crippen LogP contribution >= 0.6 is 0 Å². The molecule has 0 aromatic carbocycles. The van der Waals surface area contributed by atoms with Gasteiger partial charge in [0.05, 0.1) is 5.57 Å². The minimum Gasteiger partial charge on any atom is -0.478 e. The molecule has 0 atom stereocenters. The number of carboxylic acid groups (broad SMARTS) is 1. The summed E-state index contributed by atoms with van der Waals surface area (Å²) in [5.41, 5.74) is 5.20. The van der Waals surface area contributed by atoms with Crippen LogP contribution < -0.4 is 5.73 Å². The predicted octanol–water partition coefficient (Wildman–Crippen LogP) is 1.23. The molecule has 0 spiro atoms. The van der Waals surface area contributed by atoms with E-state index in [4.69, 9.17) is 16.2 Å². The number of hydrogen-bond acceptors (Lipinski definition) is 3. The minimum atomic E-state index is -1.03. The molecule has 0 unspecified atom stereocenters. The van der Waals surface area contributed by atoms with Crippen molar-refractivity contribution in [3.63, 3.8) is 0 Å². The molecule has 4 nitrogen and oxygen atoms in total. The Labute approximate surface area is 82.2 Å². The van der Waals surface area contributed by atoms with Crippen molar-refractivity contribution in [2.45, 2.75) is 0 Å². The van der Waals surface area contributed by atoms with E-state index < -0.39 is 5.97 Å². The van der Waals surface area contributed by atoms with Crippen molar-refractivity contribution in [3.05, 3.63) is 48.2 Å². The van der Waals surface area contributed by atoms with E-state index in [1.54, 1.807) is 0 Å². The van der Waals surface area contributed by atoms with Gasteiger partial charge in [-0.1, -0.05) is 12.2 Å². The van der Waals surface area contributed by atoms with Crippen molar-refractivity contribution in [1.29, 1.82) is 5.41 Å². The summed E-state index contributed by atoms with van der Waals surface area (Å²) in [6.07, 6.45) is 11.1. The molecule has 4 N–H and O–H groups in total. The van der Waals surface area contributed by atoms with Gasteiger partial charge in [-0.05, 0) is 30.5 Å². The topological polar surface area (TPSA) is 87.2 Å². The number of allylic oxidation sites excluding steroid dienone is 5. The molecule has 0 bridgehead atoms. The number of nitrogens with one attached hydrogen (secondary N) is 1. The van der Waals surface area contributed by atoms with E-state index in [1.165, 1.54) is 42.7 Å². The highest BCUT2D eigenvalue weighted by Crippen LogP contribution is 1.97. The average molecular weight is 192 g/mol. The lowest BCUT2D eigenvalue weighted by atomic mass is 10.2. The van der Waals surface area contributed by atoms with Crippen LogP contribution in [0.1, 0.15) is 0 Å². The molecular weight excluding hydrogens is 180 g/mol. The fourth-order valence-corrected chi connectivity index (χ4v) is 0.636. The molecule has 14 heavy (non-hydrogen) atoms. The summed E-state index contributed by atoms with van der Waals surface area (Å²) in [5, 5.41) is 15.4. The molecule has 0 aliphatic carbocycles. The maximum Gasteiger partial charge on any atom is 0.335 e. The Balaban J connectivity index is 4.59. The zero-order chi connectivity index (χ0) is 10.8. The summed E-state index contributed by atoms with van der Waals surface area (Å²) in [6, 6.07) is 0. The first-order valence-electron chi connectivity index (χ1n) is 3.88. The van der Waals surface area contributed by atoms with Gasteiger partial charge in [0.1, 0.15) is 0 Å². The van der Waals surface area contributed by atoms with E-state index in [-0.39, 0.29) is 5.57 Å². The normalized spacial score (nSPS) is 13.0. The van der Waals surface area contributed by atoms with Gasteiger partial charge in [-0.15, -0.1) is 0 Å². The van der Waals surface area contributed by atoms with Crippen molar-refractivity contribution in [2.75, 3.05) is 0 Å². The van der Waals surface area contributed by atoms with Gasteiger partial charge >= 0.3 is 5.97 Å². The number of carboxylic acids is 1. The van der Waals surface area contributed by atoms with Crippen LogP contribution in [-0.2, 0) is 4.79 Å². The molecule has 0 heterocycles. The number of nitrogens with two attached hydrogens (primary N) is 1. The van der Waals surface area contributed by atoms with Crippen LogP contribution in [0.25, 0.3) is 0 Å². The summed E-state index contributed by atoms with van der Waals surface area (Å²) in [6.45, 7) is 0. The Morgan fingerprint density at radius 3 is 2.43 bits per heavy atom. The van der Waals surface area contributed by atoms with Gasteiger partial charge in [0.25, 0.3) is 0 Å². The minimum absolute atomic E-state index is 0.126. The Morgan fingerprint density at radius 2 is 1.93 bits per heavy atom. The molecule has 74 valence electrons. The van der Waals surface area contributed by atoms with Gasteiger partial charge < -0.3 is 16.2 Å². The lowest BCUT2D eigenvalue weighted by molar-refractivity contribution is -0.132. The monoisotopic (exact) mass is 192 g/mol. The predicted molar refractivity (Wildman–Crippen MR) is 56.1 cm³/mol. The largest absolute Gasteiger partial charge is 0.478 e. The average Bonchev–Trinajstić information content (AvgIpc) is 2.15. The summed E-state index contributed by atoms with van der Waals surface area (Å²) in [7, 11) is 0. The fraction of sp³-hybridized carbons (Fsp3) is 0. The maximum absolute atomic E-state index is 10.6. The Morgan fingerprint density at radius 1 is 1.21 bits per heavy atom. The van der Waals surface area contributed by atoms with Crippen LogP contribution in [0.15, 0.2) is 48.2 Å². The lowest BCUT2D eigenvalue weighted by Gasteiger charge is -1.90. The van der Waals surface area contributed by atoms with Crippen LogP contribution in [0, 0.1) is 5.41 Å². The molecule has 0 aromatic rings. The van der Waals surface area contributed by atoms with Gasteiger partial charge in [-0.2, -0.15) is 0 Å². The Bertz CT molecular complexity index is 312. The molecule has 0 aliphatic rings. The quantitative estimate of drug-likeness (QED) is 0.348. The van der Waals surface area contributed by atoms with Crippen LogP contribution in [-0.4, -0.2) is 17.3 Å². The zero-order valence-electron chi connectivity index (χ0n) is 7.55. The third kappa shape index (κ3) is 5.54. The summed E-state index contributed by atoms with van der Waals surface area (Å²) in [5.74, 6) is -1.03. The molecule has 4 heteroatoms. The SMILES string of the molecule is N=C/C=C/C=C(/C=C/C=C/N)C(=O)O. The molecular formula is C10H12N2O2. The summed E-state index contributed by atoms with van der Waals surface area (Å²) in [4.78, 5) is 10.6. The van der Waals surface area contributed by atoms with E-state index in [2.05, 4.69) is 0 Å². The molecule has 0 rings (SSSR count). The molecule has 0 radical (unpaired) electrons. The molecule has 0 saturated carbocycles. The zero-order valence-corrected chi connectivity index (χ0v) is 7.55. The fourth-order valence-electron chi connectivity index (χ4n) is 0.636. The molecule has 0 amide bonds. The first-order chi connectivity index (χ1) is 6.72. The third-order valence-corrected chi connectivity index (χ3v) is 1.23. The van der Waals surface area contributed by atoms with Gasteiger partial charge in [0.2, 0.25) is 0 Å². The standard InChI is InChI=1S/C10H12N2O2/c11-7-3-1-5-9(10(13)14)6-2-4-8-12/h1-8,11H,12H2,(H,13,14)/b3-1+,6-2+,8-4+,9-5-,11-7?. The van der Waals surface area contributed by atoms with Gasteiger partial charge in [-0.25, -0.2) is 4.79 Å². The van der Waals surface area contributed by atoms with Crippen molar-refractivity contribution in [1.82, 2.24) is 0 Å². The Kier molecular flexibility index (Phi) is 6.41. The highest BCUT2D eigenvalue weighted by Gasteiger charge is 1.99. The second kappa shape index (κ2) is 7.54. The molecule has 0 aromatic heterocycles. The van der Waals surface area contributed by atoms with Gasteiger partial charge in [0, 0.05) is 6.21 Å². The second-order valence-corrected chi connectivity index (χ2v) is 2.22. The summed E-state index contributed by atoms with van der Waals surface area (Å²) < 4.78 is 0. The van der Waals surface area contributed by atoms with Crippen LogP contribution in [0.3, 0.4) is 0 Å². The van der Waals surface area contributed by atoms with E-state index in [9.17, 15) is 4.79 Å². The maximum atomic E-state index is 10.6. The molecule has 0 saturated heterocycles. The van der Waals surface area contributed by atoms with Crippen molar-refractivity contribution >= 4 is 12.2 Å². The van der Waals surface area contributed by atoms with Crippen molar-refractivity contribution < 1.29 is 9.90 Å². The van der Waals surface area contributed by atoms with Crippen molar-refractivity contribution in [3.8, 4) is 0 Å². The smallest absolute Gasteiger partial charge is 0.335 e. The van der Waals surface area contributed by atoms with Crippen LogP contribution in [0.5, 0.6) is 0 Å². The van der Waals surface area contributed by atoms with Gasteiger partial charge in [-0.3, -0.25) is 0 Å². The van der Waals surface area contributed by atoms with Gasteiger partial charge in [0.15, 0.2) is 0 Å².